The van der Waals surface area contributed by atoms with Gasteiger partial charge in [0.25, 0.3) is 0 Å². The molecule has 2 nitrogen and oxygen atoms in total. The number of hydrogen-bond donors (Lipinski definition) is 1. The second-order valence-corrected chi connectivity index (χ2v) is 8.92. The Bertz CT molecular complexity index is 251. The van der Waals surface area contributed by atoms with Crippen LogP contribution in [0.5, 0.6) is 0 Å². The van der Waals surface area contributed by atoms with Crippen molar-refractivity contribution in [2.75, 3.05) is 12.3 Å². The van der Waals surface area contributed by atoms with Crippen LogP contribution < -0.4 is 0 Å². The predicted molar refractivity (Wildman–Crippen MR) is 86.2 cm³/mol. The number of unbranched alkanes of at least 4 members (excludes halogenated alkanes) is 3. The molecule has 0 radical (unpaired) electrons. The van der Waals surface area contributed by atoms with Crippen LogP contribution in [0.25, 0.3) is 0 Å². The summed E-state index contributed by atoms with van der Waals surface area (Å²) in [6.45, 7) is 8.79. The summed E-state index contributed by atoms with van der Waals surface area (Å²) in [6.07, 6.45) is 10.1. The summed E-state index contributed by atoms with van der Waals surface area (Å²) in [5.74, 6) is 1.20. The molecule has 2 atom stereocenters. The smallest absolute Gasteiger partial charge is 0.200 e. The largest absolute Gasteiger partial charge is 0.344 e. The molecule has 116 valence electrons. The van der Waals surface area contributed by atoms with Crippen molar-refractivity contribution in [3.8, 4) is 0 Å². The Morgan fingerprint density at radius 1 is 1.00 bits per heavy atom. The van der Waals surface area contributed by atoms with Gasteiger partial charge in [-0.25, -0.2) is 0 Å². The van der Waals surface area contributed by atoms with Gasteiger partial charge in [-0.15, -0.1) is 0 Å². The summed E-state index contributed by atoms with van der Waals surface area (Å²) >= 11 is 0. The van der Waals surface area contributed by atoms with Gasteiger partial charge in [0.05, 0.1) is 0 Å². The lowest BCUT2D eigenvalue weighted by molar-refractivity contribution is 0.434. The molecule has 0 bridgehead atoms. The van der Waals surface area contributed by atoms with Crippen LogP contribution in [0.15, 0.2) is 0 Å². The summed E-state index contributed by atoms with van der Waals surface area (Å²) in [5.41, 5.74) is 0. The van der Waals surface area contributed by atoms with Crippen LogP contribution in [-0.2, 0) is 4.57 Å². The highest BCUT2D eigenvalue weighted by molar-refractivity contribution is 7.57. The van der Waals surface area contributed by atoms with Gasteiger partial charge in [-0.2, -0.15) is 0 Å². The fraction of sp³-hybridized carbons (Fsp3) is 1.00. The summed E-state index contributed by atoms with van der Waals surface area (Å²) in [6, 6.07) is 0. The van der Waals surface area contributed by atoms with Crippen molar-refractivity contribution in [1.82, 2.24) is 0 Å². The van der Waals surface area contributed by atoms with Crippen LogP contribution in [-0.4, -0.2) is 17.2 Å². The lowest BCUT2D eigenvalue weighted by Gasteiger charge is -2.19. The van der Waals surface area contributed by atoms with Crippen molar-refractivity contribution in [1.29, 1.82) is 0 Å². The predicted octanol–water partition coefficient (Wildman–Crippen LogP) is 5.69. The molecule has 0 aliphatic rings. The second kappa shape index (κ2) is 10.9. The van der Waals surface area contributed by atoms with Crippen LogP contribution in [0.4, 0.5) is 0 Å². The van der Waals surface area contributed by atoms with E-state index >= 15 is 0 Å². The third-order valence-electron chi connectivity index (χ3n) is 3.88. The molecule has 0 saturated heterocycles. The van der Waals surface area contributed by atoms with E-state index in [2.05, 4.69) is 27.7 Å². The summed E-state index contributed by atoms with van der Waals surface area (Å²) in [5, 5.41) is 0. The zero-order valence-corrected chi connectivity index (χ0v) is 14.4. The molecule has 0 fully saturated rings. The van der Waals surface area contributed by atoms with Gasteiger partial charge in [-0.05, 0) is 24.7 Å². The topological polar surface area (TPSA) is 37.3 Å². The quantitative estimate of drug-likeness (QED) is 0.370. The minimum atomic E-state index is -2.87. The monoisotopic (exact) mass is 290 g/mol. The lowest BCUT2D eigenvalue weighted by atomic mass is 10.0. The van der Waals surface area contributed by atoms with Crippen molar-refractivity contribution < 1.29 is 9.46 Å². The molecule has 0 aliphatic carbocycles. The highest BCUT2D eigenvalue weighted by atomic mass is 31.2. The normalized spacial score (nSPS) is 16.5. The van der Waals surface area contributed by atoms with Crippen molar-refractivity contribution in [3.63, 3.8) is 0 Å². The van der Waals surface area contributed by atoms with E-state index in [9.17, 15) is 9.46 Å². The van der Waals surface area contributed by atoms with Gasteiger partial charge >= 0.3 is 0 Å². The third kappa shape index (κ3) is 11.7. The van der Waals surface area contributed by atoms with Gasteiger partial charge in [0.1, 0.15) is 0 Å². The fourth-order valence-electron chi connectivity index (χ4n) is 2.50. The first-order valence-electron chi connectivity index (χ1n) is 8.22. The molecule has 0 aromatic carbocycles. The molecular weight excluding hydrogens is 255 g/mol. The Morgan fingerprint density at radius 3 is 2.21 bits per heavy atom. The Hall–Kier alpha value is 0.190. The van der Waals surface area contributed by atoms with Crippen LogP contribution in [0.3, 0.4) is 0 Å². The second-order valence-electron chi connectivity index (χ2n) is 6.41. The molecule has 0 amide bonds. The zero-order chi connectivity index (χ0) is 14.7. The van der Waals surface area contributed by atoms with E-state index in [-0.39, 0.29) is 0 Å². The maximum atomic E-state index is 12.2. The fourth-order valence-corrected chi connectivity index (χ4v) is 4.65. The summed E-state index contributed by atoms with van der Waals surface area (Å²) in [7, 11) is -2.87. The van der Waals surface area contributed by atoms with Gasteiger partial charge in [-0.1, -0.05) is 66.2 Å². The third-order valence-corrected chi connectivity index (χ3v) is 5.98. The van der Waals surface area contributed by atoms with Crippen molar-refractivity contribution in [2.45, 2.75) is 79.1 Å². The van der Waals surface area contributed by atoms with Crippen LogP contribution in [0.2, 0.25) is 0 Å². The molecule has 19 heavy (non-hydrogen) atoms. The van der Waals surface area contributed by atoms with Crippen LogP contribution in [0.1, 0.15) is 79.1 Å². The highest BCUT2D eigenvalue weighted by Gasteiger charge is 2.22. The maximum Gasteiger partial charge on any atom is 0.200 e. The minimum absolute atomic E-state index is 0.450. The maximum absolute atomic E-state index is 12.2. The highest BCUT2D eigenvalue weighted by Crippen LogP contribution is 2.45. The van der Waals surface area contributed by atoms with Gasteiger partial charge in [0.2, 0.25) is 7.37 Å². The van der Waals surface area contributed by atoms with Gasteiger partial charge < -0.3 is 4.89 Å². The van der Waals surface area contributed by atoms with Gasteiger partial charge in [0, 0.05) is 12.3 Å². The Morgan fingerprint density at radius 2 is 1.68 bits per heavy atom. The van der Waals surface area contributed by atoms with Crippen molar-refractivity contribution >= 4 is 7.37 Å². The van der Waals surface area contributed by atoms with Gasteiger partial charge in [0.15, 0.2) is 0 Å². The van der Waals surface area contributed by atoms with Crippen LogP contribution >= 0.6 is 7.37 Å². The van der Waals surface area contributed by atoms with E-state index < -0.39 is 7.37 Å². The molecule has 0 aliphatic heterocycles. The molecular formula is C16H35O2P. The molecule has 0 spiro atoms. The molecule has 1 N–H and O–H groups in total. The zero-order valence-electron chi connectivity index (χ0n) is 13.5. The standard InChI is InChI=1S/C16H35O2P/c1-5-7-12-16(6-2)14-19(17,18)13-10-8-9-11-15(3)4/h15-16H,5-14H2,1-4H3,(H,17,18). The molecule has 0 rings (SSSR count). The van der Waals surface area contributed by atoms with E-state index in [0.717, 1.165) is 31.6 Å². The SMILES string of the molecule is CCCCC(CC)CP(=O)(O)CCCCCC(C)C. The average Bonchev–Trinajstić information content (AvgIpc) is 2.33. The Balaban J connectivity index is 3.85. The first-order chi connectivity index (χ1) is 8.91. The van der Waals surface area contributed by atoms with E-state index in [0.29, 0.717) is 18.2 Å². The average molecular weight is 290 g/mol. The van der Waals surface area contributed by atoms with Crippen LogP contribution in [0, 0.1) is 11.8 Å². The minimum Gasteiger partial charge on any atom is -0.344 e. The molecule has 0 heterocycles. The summed E-state index contributed by atoms with van der Waals surface area (Å²) in [4.78, 5) is 10.1. The number of hydrogen-bond acceptors (Lipinski definition) is 1. The van der Waals surface area contributed by atoms with Crippen molar-refractivity contribution in [3.05, 3.63) is 0 Å². The Labute approximate surface area is 120 Å². The molecule has 0 aromatic heterocycles. The van der Waals surface area contributed by atoms with E-state index in [1.165, 1.54) is 25.7 Å². The first-order valence-corrected chi connectivity index (χ1v) is 10.2. The van der Waals surface area contributed by atoms with E-state index in [1.807, 2.05) is 0 Å². The van der Waals surface area contributed by atoms with Gasteiger partial charge in [-0.3, -0.25) is 4.57 Å². The van der Waals surface area contributed by atoms with Crippen molar-refractivity contribution in [2.24, 2.45) is 11.8 Å². The Kier molecular flexibility index (Phi) is 11.0. The lowest BCUT2D eigenvalue weighted by Crippen LogP contribution is -2.08. The van der Waals surface area contributed by atoms with E-state index in [4.69, 9.17) is 0 Å². The molecule has 0 saturated carbocycles. The van der Waals surface area contributed by atoms with E-state index in [1.54, 1.807) is 0 Å². The molecule has 2 unspecified atom stereocenters. The molecule has 3 heteroatoms. The molecule has 0 aromatic rings. The number of rotatable bonds is 12. The summed E-state index contributed by atoms with van der Waals surface area (Å²) < 4.78 is 12.2. The first kappa shape index (κ1) is 19.2.